The first-order valence-electron chi connectivity index (χ1n) is 8.86. The quantitative estimate of drug-likeness (QED) is 0.900. The molecule has 3 rings (SSSR count). The molecule has 24 heavy (non-hydrogen) atoms. The van der Waals surface area contributed by atoms with Crippen LogP contribution in [0.3, 0.4) is 0 Å². The number of hydrogen-bond acceptors (Lipinski definition) is 3. The minimum Gasteiger partial charge on any atom is -0.490 e. The highest BCUT2D eigenvalue weighted by molar-refractivity contribution is 5.94. The normalized spacial score (nSPS) is 24.5. The van der Waals surface area contributed by atoms with Gasteiger partial charge in [-0.1, -0.05) is 19.4 Å². The van der Waals surface area contributed by atoms with Crippen LogP contribution in [-0.4, -0.2) is 36.5 Å². The van der Waals surface area contributed by atoms with Gasteiger partial charge in [-0.05, 0) is 62.3 Å². The fourth-order valence-corrected chi connectivity index (χ4v) is 3.62. The van der Waals surface area contributed by atoms with Crippen molar-refractivity contribution in [3.8, 4) is 5.75 Å². The first-order chi connectivity index (χ1) is 11.1. The topological polar surface area (TPSA) is 55.6 Å². The molecular formula is C19H29ClN2O2. The van der Waals surface area contributed by atoms with Gasteiger partial charge in [0, 0.05) is 18.7 Å². The molecule has 2 fully saturated rings. The van der Waals surface area contributed by atoms with Crippen LogP contribution in [0, 0.1) is 5.41 Å². The van der Waals surface area contributed by atoms with Crippen LogP contribution in [0.15, 0.2) is 24.3 Å². The van der Waals surface area contributed by atoms with Crippen molar-refractivity contribution in [1.82, 2.24) is 4.90 Å². The van der Waals surface area contributed by atoms with E-state index >= 15 is 0 Å². The Balaban J connectivity index is 0.00000208. The molecule has 1 aromatic carbocycles. The van der Waals surface area contributed by atoms with Gasteiger partial charge in [-0.25, -0.2) is 0 Å². The Kier molecular flexibility index (Phi) is 6.53. The first kappa shape index (κ1) is 19.1. The maximum absolute atomic E-state index is 12.7. The molecule has 1 heterocycles. The van der Waals surface area contributed by atoms with Gasteiger partial charge in [-0.15, -0.1) is 12.4 Å². The number of benzene rings is 1. The monoisotopic (exact) mass is 352 g/mol. The van der Waals surface area contributed by atoms with E-state index < -0.39 is 0 Å². The number of hydrogen-bond donors (Lipinski definition) is 1. The van der Waals surface area contributed by atoms with E-state index in [9.17, 15) is 4.79 Å². The zero-order chi connectivity index (χ0) is 16.3. The fourth-order valence-electron chi connectivity index (χ4n) is 3.62. The zero-order valence-electron chi connectivity index (χ0n) is 14.5. The fraction of sp³-hybridized carbons (Fsp3) is 0.632. The molecule has 2 N–H and O–H groups in total. The van der Waals surface area contributed by atoms with Gasteiger partial charge in [0.1, 0.15) is 5.75 Å². The Labute approximate surface area is 151 Å². The number of amides is 1. The van der Waals surface area contributed by atoms with Crippen LogP contribution in [0.4, 0.5) is 0 Å². The molecule has 0 aromatic heterocycles. The van der Waals surface area contributed by atoms with Crippen molar-refractivity contribution in [2.75, 3.05) is 19.6 Å². The minimum atomic E-state index is 0. The summed E-state index contributed by atoms with van der Waals surface area (Å²) in [5, 5.41) is 0. The molecule has 1 atom stereocenters. The highest BCUT2D eigenvalue weighted by Crippen LogP contribution is 2.30. The molecule has 0 bridgehead atoms. The Morgan fingerprint density at radius 2 is 2.08 bits per heavy atom. The molecule has 5 heteroatoms. The molecule has 1 aliphatic heterocycles. The van der Waals surface area contributed by atoms with Gasteiger partial charge in [0.05, 0.1) is 6.10 Å². The van der Waals surface area contributed by atoms with Crippen LogP contribution in [0.1, 0.15) is 55.8 Å². The lowest BCUT2D eigenvalue weighted by atomic mass is 9.90. The first-order valence-corrected chi connectivity index (χ1v) is 8.86. The summed E-state index contributed by atoms with van der Waals surface area (Å²) in [7, 11) is 0. The summed E-state index contributed by atoms with van der Waals surface area (Å²) in [6.45, 7) is 4.32. The number of ether oxygens (including phenoxy) is 1. The average Bonchev–Trinajstić information content (AvgIpc) is 2.98. The van der Waals surface area contributed by atoms with Gasteiger partial charge in [-0.3, -0.25) is 4.79 Å². The predicted molar refractivity (Wildman–Crippen MR) is 98.9 cm³/mol. The van der Waals surface area contributed by atoms with Crippen LogP contribution in [0.5, 0.6) is 5.75 Å². The van der Waals surface area contributed by atoms with Crippen LogP contribution in [-0.2, 0) is 0 Å². The number of halogens is 1. The Hall–Kier alpha value is -1.26. The van der Waals surface area contributed by atoms with Gasteiger partial charge in [0.15, 0.2) is 0 Å². The maximum atomic E-state index is 12.7. The van der Waals surface area contributed by atoms with Gasteiger partial charge in [0.25, 0.3) is 5.91 Å². The lowest BCUT2D eigenvalue weighted by Gasteiger charge is -2.24. The molecule has 1 unspecified atom stereocenters. The summed E-state index contributed by atoms with van der Waals surface area (Å²) in [6, 6.07) is 7.66. The summed E-state index contributed by atoms with van der Waals surface area (Å²) in [5.74, 6) is 0.916. The Bertz CT molecular complexity index is 560. The third kappa shape index (κ3) is 4.42. The SMILES string of the molecule is CC1(CN)CCN(C(=O)c2cccc(OC3CCCCC3)c2)C1.Cl. The summed E-state index contributed by atoms with van der Waals surface area (Å²) in [6.07, 6.45) is 7.34. The van der Waals surface area contributed by atoms with Gasteiger partial charge >= 0.3 is 0 Å². The van der Waals surface area contributed by atoms with E-state index in [1.165, 1.54) is 19.3 Å². The second-order valence-electron chi connectivity index (χ2n) is 7.40. The molecule has 0 radical (unpaired) electrons. The number of carbonyl (C=O) groups excluding carboxylic acids is 1. The highest BCUT2D eigenvalue weighted by atomic mass is 35.5. The molecule has 2 aliphatic rings. The van der Waals surface area contributed by atoms with E-state index in [-0.39, 0.29) is 23.7 Å². The lowest BCUT2D eigenvalue weighted by Crippen LogP contribution is -2.34. The van der Waals surface area contributed by atoms with E-state index in [0.717, 1.165) is 43.7 Å². The number of likely N-dealkylation sites (tertiary alicyclic amines) is 1. The van der Waals surface area contributed by atoms with Crippen LogP contribution in [0.25, 0.3) is 0 Å². The molecule has 1 amide bonds. The molecule has 4 nitrogen and oxygen atoms in total. The van der Waals surface area contributed by atoms with E-state index in [0.29, 0.717) is 12.6 Å². The van der Waals surface area contributed by atoms with Gasteiger partial charge in [0.2, 0.25) is 0 Å². The summed E-state index contributed by atoms with van der Waals surface area (Å²) < 4.78 is 6.08. The summed E-state index contributed by atoms with van der Waals surface area (Å²) in [5.41, 5.74) is 6.62. The minimum absolute atomic E-state index is 0. The summed E-state index contributed by atoms with van der Waals surface area (Å²) in [4.78, 5) is 14.6. The van der Waals surface area contributed by atoms with Crippen molar-refractivity contribution in [3.05, 3.63) is 29.8 Å². The van der Waals surface area contributed by atoms with Crippen LogP contribution >= 0.6 is 12.4 Å². The molecule has 134 valence electrons. The average molecular weight is 353 g/mol. The van der Waals surface area contributed by atoms with E-state index in [1.54, 1.807) is 0 Å². The summed E-state index contributed by atoms with van der Waals surface area (Å²) >= 11 is 0. The standard InChI is InChI=1S/C19H28N2O2.ClH/c1-19(13-20)10-11-21(14-19)18(22)15-6-5-9-17(12-15)23-16-7-3-2-4-8-16;/h5-6,9,12,16H,2-4,7-8,10-11,13-14,20H2,1H3;1H. The number of carbonyl (C=O) groups is 1. The van der Waals surface area contributed by atoms with Crippen molar-refractivity contribution in [2.45, 2.75) is 51.6 Å². The molecule has 1 aromatic rings. The second kappa shape index (κ2) is 8.21. The third-order valence-corrected chi connectivity index (χ3v) is 5.27. The third-order valence-electron chi connectivity index (χ3n) is 5.27. The largest absolute Gasteiger partial charge is 0.490 e. The molecule has 0 spiro atoms. The highest BCUT2D eigenvalue weighted by Gasteiger charge is 2.35. The maximum Gasteiger partial charge on any atom is 0.254 e. The van der Waals surface area contributed by atoms with Crippen molar-refractivity contribution in [2.24, 2.45) is 11.1 Å². The van der Waals surface area contributed by atoms with Crippen molar-refractivity contribution in [1.29, 1.82) is 0 Å². The molecule has 1 saturated carbocycles. The molecule has 1 aliphatic carbocycles. The Morgan fingerprint density at radius 1 is 1.33 bits per heavy atom. The van der Waals surface area contributed by atoms with Gasteiger partial charge in [-0.2, -0.15) is 0 Å². The van der Waals surface area contributed by atoms with Crippen molar-refractivity contribution in [3.63, 3.8) is 0 Å². The second-order valence-corrected chi connectivity index (χ2v) is 7.40. The number of nitrogens with zero attached hydrogens (tertiary/aromatic N) is 1. The van der Waals surface area contributed by atoms with E-state index in [1.807, 2.05) is 29.2 Å². The predicted octanol–water partition coefficient (Wildman–Crippen LogP) is 3.63. The van der Waals surface area contributed by atoms with Crippen LogP contribution in [0.2, 0.25) is 0 Å². The number of rotatable bonds is 4. The zero-order valence-corrected chi connectivity index (χ0v) is 15.3. The van der Waals surface area contributed by atoms with Gasteiger partial charge < -0.3 is 15.4 Å². The smallest absolute Gasteiger partial charge is 0.254 e. The Morgan fingerprint density at radius 3 is 2.75 bits per heavy atom. The van der Waals surface area contributed by atoms with Crippen LogP contribution < -0.4 is 10.5 Å². The molecule has 1 saturated heterocycles. The molecular weight excluding hydrogens is 324 g/mol. The van der Waals surface area contributed by atoms with E-state index in [2.05, 4.69) is 6.92 Å². The van der Waals surface area contributed by atoms with Crippen molar-refractivity contribution < 1.29 is 9.53 Å². The number of nitrogens with two attached hydrogens (primary N) is 1. The van der Waals surface area contributed by atoms with E-state index in [4.69, 9.17) is 10.5 Å². The lowest BCUT2D eigenvalue weighted by molar-refractivity contribution is 0.0775. The van der Waals surface area contributed by atoms with Crippen molar-refractivity contribution >= 4 is 18.3 Å².